The molecule has 4 aromatic heterocycles. The maximum Gasteiger partial charge on any atom is 0.238 e. The zero-order chi connectivity index (χ0) is 35.8. The van der Waals surface area contributed by atoms with Crippen molar-refractivity contribution in [3.8, 4) is 45.1 Å². The molecule has 5 nitrogen and oxygen atoms in total. The Morgan fingerprint density at radius 2 is 1.11 bits per heavy atom. The van der Waals surface area contributed by atoms with E-state index in [1.54, 1.807) is 0 Å². The molecule has 55 heavy (non-hydrogen) atoms. The molecule has 0 amide bonds. The molecular weight excluding hydrogens is 673 g/mol. The number of nitrogens with zero attached hydrogens (tertiary/aromatic N) is 4. The number of fused-ring (bicyclic) bond motifs is 16. The van der Waals surface area contributed by atoms with E-state index in [-0.39, 0.29) is 0 Å². The monoisotopic (exact) mass is 700 g/mol. The third kappa shape index (κ3) is 3.81. The molecule has 0 N–H and O–H groups in total. The quantitative estimate of drug-likeness (QED) is 0.180. The first-order valence-corrected chi connectivity index (χ1v) is 18.7. The molecule has 0 radical (unpaired) electrons. The highest BCUT2D eigenvalue weighted by Gasteiger charge is 2.29. The minimum absolute atomic E-state index is 0.567. The lowest BCUT2D eigenvalue weighted by atomic mass is 9.91. The van der Waals surface area contributed by atoms with Crippen LogP contribution in [-0.4, -0.2) is 19.1 Å². The Morgan fingerprint density at radius 1 is 0.436 bits per heavy atom. The van der Waals surface area contributed by atoms with Crippen LogP contribution in [0.4, 0.5) is 0 Å². The van der Waals surface area contributed by atoms with Crippen molar-refractivity contribution >= 4 is 76.5 Å². The molecule has 0 spiro atoms. The molecule has 0 unspecified atom stereocenters. The predicted molar refractivity (Wildman–Crippen MR) is 225 cm³/mol. The van der Waals surface area contributed by atoms with Crippen LogP contribution in [0.1, 0.15) is 0 Å². The molecule has 1 aliphatic rings. The van der Waals surface area contributed by atoms with Gasteiger partial charge in [0.05, 0.1) is 38.8 Å². The summed E-state index contributed by atoms with van der Waals surface area (Å²) < 4.78 is 11.3. The van der Waals surface area contributed by atoms with Crippen molar-refractivity contribution in [2.45, 2.75) is 0 Å². The van der Waals surface area contributed by atoms with Gasteiger partial charge in [0, 0.05) is 43.6 Å². The Balaban J connectivity index is 1.23. The highest BCUT2D eigenvalue weighted by Crippen LogP contribution is 2.51. The largest absolute Gasteiger partial charge is 0.437 e. The van der Waals surface area contributed by atoms with Gasteiger partial charge in [-0.25, -0.2) is 4.98 Å². The zero-order valence-corrected chi connectivity index (χ0v) is 29.4. The lowest BCUT2D eigenvalue weighted by Gasteiger charge is -2.12. The first-order chi connectivity index (χ1) is 27.3. The van der Waals surface area contributed by atoms with Gasteiger partial charge in [0.2, 0.25) is 11.7 Å². The Kier molecular flexibility index (Phi) is 5.57. The van der Waals surface area contributed by atoms with Crippen LogP contribution in [0, 0.1) is 0 Å². The van der Waals surface area contributed by atoms with E-state index in [4.69, 9.17) is 14.4 Å². The summed E-state index contributed by atoms with van der Waals surface area (Å²) in [6.07, 6.45) is 0. The summed E-state index contributed by atoms with van der Waals surface area (Å²) in [4.78, 5) is 10.8. The minimum Gasteiger partial charge on any atom is -0.437 e. The summed E-state index contributed by atoms with van der Waals surface area (Å²) >= 11 is 0. The number of aromatic nitrogens is 4. The number of hydrogen-bond acceptors (Lipinski definition) is 3. The first-order valence-electron chi connectivity index (χ1n) is 18.7. The second-order valence-electron chi connectivity index (χ2n) is 14.5. The third-order valence-electron chi connectivity index (χ3n) is 11.7. The highest BCUT2D eigenvalue weighted by molar-refractivity contribution is 6.28. The molecule has 13 rings (SSSR count). The summed E-state index contributed by atoms with van der Waals surface area (Å²) in [6.45, 7) is 0. The number of hydrogen-bond donors (Lipinski definition) is 0. The lowest BCUT2D eigenvalue weighted by Crippen LogP contribution is -2.03. The van der Waals surface area contributed by atoms with Crippen LogP contribution in [0.15, 0.2) is 174 Å². The highest BCUT2D eigenvalue weighted by atomic mass is 16.3. The maximum absolute atomic E-state index is 6.58. The molecule has 5 heteroatoms. The standard InChI is InChI=1S/C50H28N4O/c1-2-14-30-27-31(26-25-29(30)13-1)47-46-37-20-8-12-24-43(37)55-49(46)52-50(51-47)54-41-23-11-7-19-36(41)44-42(54)28-38-34-17-6-10-22-40(34)53-39-21-9-5-16-33(39)32-15-3-4-18-35(32)45(44)48(38)53/h1-28H. The summed E-state index contributed by atoms with van der Waals surface area (Å²) in [7, 11) is 0. The van der Waals surface area contributed by atoms with E-state index in [1.165, 1.54) is 60.5 Å². The molecule has 12 aromatic rings. The third-order valence-corrected chi connectivity index (χ3v) is 11.7. The van der Waals surface area contributed by atoms with E-state index < -0.39 is 0 Å². The van der Waals surface area contributed by atoms with Gasteiger partial charge >= 0.3 is 0 Å². The van der Waals surface area contributed by atoms with Crippen LogP contribution in [0.2, 0.25) is 0 Å². The summed E-state index contributed by atoms with van der Waals surface area (Å²) in [5.74, 6) is 0.571. The van der Waals surface area contributed by atoms with E-state index >= 15 is 0 Å². The van der Waals surface area contributed by atoms with Gasteiger partial charge < -0.3 is 8.98 Å². The number of furan rings is 1. The fourth-order valence-electron chi connectivity index (χ4n) is 9.39. The van der Waals surface area contributed by atoms with E-state index in [0.717, 1.165) is 49.4 Å². The fourth-order valence-corrected chi connectivity index (χ4v) is 9.39. The van der Waals surface area contributed by atoms with Crippen molar-refractivity contribution in [3.63, 3.8) is 0 Å². The van der Waals surface area contributed by atoms with E-state index in [0.29, 0.717) is 11.7 Å². The van der Waals surface area contributed by atoms with Crippen LogP contribution >= 0.6 is 0 Å². The van der Waals surface area contributed by atoms with Crippen LogP contribution in [-0.2, 0) is 0 Å². The summed E-state index contributed by atoms with van der Waals surface area (Å²) in [5, 5.41) is 8.98. The maximum atomic E-state index is 6.58. The predicted octanol–water partition coefficient (Wildman–Crippen LogP) is 13.0. The van der Waals surface area contributed by atoms with Gasteiger partial charge in [-0.15, -0.1) is 0 Å². The molecule has 0 aliphatic carbocycles. The topological polar surface area (TPSA) is 48.8 Å². The van der Waals surface area contributed by atoms with Crippen molar-refractivity contribution in [2.75, 3.05) is 0 Å². The van der Waals surface area contributed by atoms with Crippen LogP contribution < -0.4 is 0 Å². The Hall–Kier alpha value is -7.50. The second kappa shape index (κ2) is 10.6. The van der Waals surface area contributed by atoms with Gasteiger partial charge in [0.1, 0.15) is 5.58 Å². The lowest BCUT2D eigenvalue weighted by molar-refractivity contribution is 0.651. The van der Waals surface area contributed by atoms with Crippen molar-refractivity contribution in [3.05, 3.63) is 170 Å². The van der Waals surface area contributed by atoms with Crippen molar-refractivity contribution in [1.82, 2.24) is 19.1 Å². The minimum atomic E-state index is 0.567. The zero-order valence-electron chi connectivity index (χ0n) is 29.4. The molecule has 0 saturated heterocycles. The van der Waals surface area contributed by atoms with Crippen LogP contribution in [0.25, 0.3) is 122 Å². The Morgan fingerprint density at radius 3 is 1.98 bits per heavy atom. The molecule has 5 heterocycles. The van der Waals surface area contributed by atoms with Crippen LogP contribution in [0.3, 0.4) is 0 Å². The van der Waals surface area contributed by atoms with Gasteiger partial charge in [-0.1, -0.05) is 133 Å². The summed E-state index contributed by atoms with van der Waals surface area (Å²) in [5.41, 5.74) is 13.7. The number of para-hydroxylation sites is 4. The Labute approximate surface area is 313 Å². The fraction of sp³-hybridized carbons (Fsp3) is 0. The average Bonchev–Trinajstić information content (AvgIpc) is 3.87. The normalized spacial score (nSPS) is 12.4. The van der Waals surface area contributed by atoms with E-state index in [1.807, 2.05) is 18.2 Å². The molecular formula is C50H28N4O. The number of benzene rings is 8. The molecule has 8 aromatic carbocycles. The molecule has 0 saturated carbocycles. The van der Waals surface area contributed by atoms with Gasteiger partial charge in [-0.05, 0) is 58.3 Å². The first kappa shape index (κ1) is 29.0. The number of rotatable bonds is 2. The van der Waals surface area contributed by atoms with Crippen molar-refractivity contribution < 1.29 is 4.42 Å². The molecule has 0 fully saturated rings. The molecule has 254 valence electrons. The second-order valence-corrected chi connectivity index (χ2v) is 14.5. The van der Waals surface area contributed by atoms with Gasteiger partial charge in [0.25, 0.3) is 0 Å². The van der Waals surface area contributed by atoms with Gasteiger partial charge in [-0.3, -0.25) is 4.57 Å². The van der Waals surface area contributed by atoms with E-state index in [2.05, 4.69) is 161 Å². The molecule has 0 bridgehead atoms. The van der Waals surface area contributed by atoms with Crippen molar-refractivity contribution in [1.29, 1.82) is 0 Å². The molecule has 0 atom stereocenters. The molecule has 1 aliphatic heterocycles. The van der Waals surface area contributed by atoms with Gasteiger partial charge in [0.15, 0.2) is 0 Å². The Bertz CT molecular complexity index is 3620. The smallest absolute Gasteiger partial charge is 0.238 e. The van der Waals surface area contributed by atoms with Gasteiger partial charge in [-0.2, -0.15) is 4.98 Å². The van der Waals surface area contributed by atoms with Crippen molar-refractivity contribution in [2.24, 2.45) is 0 Å². The van der Waals surface area contributed by atoms with Crippen LogP contribution in [0.5, 0.6) is 0 Å². The SMILES string of the molecule is c1ccc2c(c1)-c1ccccc1-n1c3ccccc3c3cc4c(c-2c31)c1ccccc1n4-c1nc(-c2ccc3ccccc3c2)c2c(n1)oc1ccccc12. The average molecular weight is 701 g/mol. The van der Waals surface area contributed by atoms with E-state index in [9.17, 15) is 0 Å². The summed E-state index contributed by atoms with van der Waals surface area (Å²) in [6, 6.07) is 60.7.